The maximum atomic E-state index is 13.4. The topological polar surface area (TPSA) is 45.2 Å². The molecule has 0 atom stereocenters. The molecular formula is C28H27N3O. The van der Waals surface area contributed by atoms with Gasteiger partial charge >= 0.3 is 0 Å². The van der Waals surface area contributed by atoms with Crippen LogP contribution in [0.1, 0.15) is 47.8 Å². The van der Waals surface area contributed by atoms with Crippen molar-refractivity contribution in [3.8, 4) is 0 Å². The van der Waals surface area contributed by atoms with Crippen LogP contribution in [-0.2, 0) is 18.5 Å². The maximum absolute atomic E-state index is 13.4. The first-order valence-electron chi connectivity index (χ1n) is 11.0. The molecule has 3 aromatic carbocycles. The third kappa shape index (κ3) is 3.73. The molecule has 0 bridgehead atoms. The number of fused-ring (bicyclic) bond motifs is 2. The summed E-state index contributed by atoms with van der Waals surface area (Å²) in [5, 5.41) is 4.61. The highest BCUT2D eigenvalue weighted by atomic mass is 16.2. The minimum absolute atomic E-state index is 0.0503. The van der Waals surface area contributed by atoms with E-state index in [2.05, 4.69) is 73.5 Å². The van der Waals surface area contributed by atoms with E-state index in [1.54, 1.807) is 0 Å². The molecule has 1 N–H and O–H groups in total. The van der Waals surface area contributed by atoms with Gasteiger partial charge in [0.2, 0.25) is 0 Å². The molecule has 1 aliphatic heterocycles. The van der Waals surface area contributed by atoms with Crippen LogP contribution < -0.4 is 10.2 Å². The van der Waals surface area contributed by atoms with Gasteiger partial charge < -0.3 is 10.2 Å². The van der Waals surface area contributed by atoms with Crippen molar-refractivity contribution in [2.75, 3.05) is 10.2 Å². The van der Waals surface area contributed by atoms with Crippen LogP contribution in [0.5, 0.6) is 0 Å². The lowest BCUT2D eigenvalue weighted by atomic mass is 9.87. The summed E-state index contributed by atoms with van der Waals surface area (Å²) in [7, 11) is 0. The van der Waals surface area contributed by atoms with Crippen LogP contribution in [0, 0.1) is 0 Å². The van der Waals surface area contributed by atoms with Gasteiger partial charge in [-0.2, -0.15) is 0 Å². The van der Waals surface area contributed by atoms with Crippen LogP contribution in [0.3, 0.4) is 0 Å². The molecule has 1 amide bonds. The number of nitrogens with one attached hydrogen (secondary N) is 1. The molecule has 2 heterocycles. The van der Waals surface area contributed by atoms with E-state index < -0.39 is 0 Å². The fraction of sp³-hybridized carbons (Fsp3) is 0.214. The summed E-state index contributed by atoms with van der Waals surface area (Å²) >= 11 is 0. The number of hydrogen-bond donors (Lipinski definition) is 1. The predicted molar refractivity (Wildman–Crippen MR) is 131 cm³/mol. The smallest absolute Gasteiger partial charge is 0.261 e. The van der Waals surface area contributed by atoms with Crippen molar-refractivity contribution in [2.45, 2.75) is 39.3 Å². The summed E-state index contributed by atoms with van der Waals surface area (Å²) in [6.07, 6.45) is 1.81. The lowest BCUT2D eigenvalue weighted by Crippen LogP contribution is -2.23. The predicted octanol–water partition coefficient (Wildman–Crippen LogP) is 6.30. The van der Waals surface area contributed by atoms with E-state index in [-0.39, 0.29) is 11.3 Å². The molecule has 0 spiro atoms. The Kier molecular flexibility index (Phi) is 4.93. The summed E-state index contributed by atoms with van der Waals surface area (Å²) in [4.78, 5) is 19.6. The summed E-state index contributed by atoms with van der Waals surface area (Å²) in [5.74, 6) is 0.0503. The first-order chi connectivity index (χ1) is 15.4. The monoisotopic (exact) mass is 421 g/mol. The Bertz CT molecular complexity index is 1300. The third-order valence-corrected chi connectivity index (χ3v) is 6.13. The number of rotatable bonds is 4. The van der Waals surface area contributed by atoms with Crippen molar-refractivity contribution in [3.63, 3.8) is 0 Å². The molecular weight excluding hydrogens is 394 g/mol. The van der Waals surface area contributed by atoms with E-state index in [4.69, 9.17) is 0 Å². The van der Waals surface area contributed by atoms with Crippen molar-refractivity contribution in [1.29, 1.82) is 0 Å². The molecule has 160 valence electrons. The van der Waals surface area contributed by atoms with Gasteiger partial charge in [0, 0.05) is 29.5 Å². The molecule has 5 rings (SSSR count). The number of aromatic nitrogens is 1. The molecule has 4 heteroatoms. The number of benzene rings is 3. The van der Waals surface area contributed by atoms with Crippen molar-refractivity contribution < 1.29 is 4.79 Å². The fourth-order valence-corrected chi connectivity index (χ4v) is 4.29. The largest absolute Gasteiger partial charge is 0.380 e. The molecule has 1 aromatic heterocycles. The summed E-state index contributed by atoms with van der Waals surface area (Å²) in [6.45, 7) is 7.84. The summed E-state index contributed by atoms with van der Waals surface area (Å²) in [5.41, 5.74) is 7.14. The molecule has 32 heavy (non-hydrogen) atoms. The van der Waals surface area contributed by atoms with Gasteiger partial charge in [0.05, 0.1) is 17.6 Å². The van der Waals surface area contributed by atoms with Gasteiger partial charge in [0.1, 0.15) is 0 Å². The van der Waals surface area contributed by atoms with Gasteiger partial charge in [-0.3, -0.25) is 9.78 Å². The Morgan fingerprint density at radius 2 is 1.78 bits per heavy atom. The number of hydrogen-bond acceptors (Lipinski definition) is 3. The summed E-state index contributed by atoms with van der Waals surface area (Å²) in [6, 6.07) is 24.7. The van der Waals surface area contributed by atoms with Crippen molar-refractivity contribution in [2.24, 2.45) is 0 Å². The molecule has 0 unspecified atom stereocenters. The Morgan fingerprint density at radius 3 is 2.56 bits per heavy atom. The third-order valence-electron chi connectivity index (χ3n) is 6.13. The normalized spacial score (nSPS) is 13.5. The molecule has 4 aromatic rings. The van der Waals surface area contributed by atoms with E-state index in [0.29, 0.717) is 13.1 Å². The zero-order valence-corrected chi connectivity index (χ0v) is 18.7. The number of amides is 1. The molecule has 0 saturated carbocycles. The van der Waals surface area contributed by atoms with Gasteiger partial charge in [-0.05, 0) is 58.5 Å². The second-order valence-corrected chi connectivity index (χ2v) is 9.41. The van der Waals surface area contributed by atoms with Crippen LogP contribution in [0.4, 0.5) is 11.4 Å². The average Bonchev–Trinajstić information content (AvgIpc) is 3.14. The van der Waals surface area contributed by atoms with Crippen molar-refractivity contribution in [1.82, 2.24) is 4.98 Å². The first kappa shape index (κ1) is 20.3. The van der Waals surface area contributed by atoms with E-state index in [1.807, 2.05) is 41.4 Å². The lowest BCUT2D eigenvalue weighted by molar-refractivity contribution is 0.0997. The van der Waals surface area contributed by atoms with Gasteiger partial charge in [-0.15, -0.1) is 0 Å². The molecule has 0 radical (unpaired) electrons. The Hall–Kier alpha value is -3.66. The second kappa shape index (κ2) is 7.79. The standard InChI is InChI=1S/C28H27N3O/c1-28(2,3)22-10-12-23(13-11-22)31-18-21-6-4-8-25(26(21)27(31)32)30-17-19-9-14-24-20(16-19)7-5-15-29-24/h4-16,30H,17-18H2,1-3H3. The Labute approximate surface area is 188 Å². The molecule has 1 aliphatic rings. The van der Waals surface area contributed by atoms with E-state index in [1.165, 1.54) is 5.56 Å². The van der Waals surface area contributed by atoms with Crippen LogP contribution in [0.2, 0.25) is 0 Å². The minimum Gasteiger partial charge on any atom is -0.380 e. The van der Waals surface area contributed by atoms with Gasteiger partial charge in [0.15, 0.2) is 0 Å². The Morgan fingerprint density at radius 1 is 0.969 bits per heavy atom. The molecule has 0 fully saturated rings. The van der Waals surface area contributed by atoms with Gasteiger partial charge in [-0.25, -0.2) is 0 Å². The molecule has 0 saturated heterocycles. The highest BCUT2D eigenvalue weighted by Gasteiger charge is 2.31. The quantitative estimate of drug-likeness (QED) is 0.420. The van der Waals surface area contributed by atoms with Crippen LogP contribution in [0.25, 0.3) is 10.9 Å². The number of pyridine rings is 1. The zero-order chi connectivity index (χ0) is 22.3. The Balaban J connectivity index is 1.37. The van der Waals surface area contributed by atoms with Gasteiger partial charge in [-0.1, -0.05) is 57.2 Å². The second-order valence-electron chi connectivity index (χ2n) is 9.41. The lowest BCUT2D eigenvalue weighted by Gasteiger charge is -2.21. The van der Waals surface area contributed by atoms with Crippen LogP contribution in [-0.4, -0.2) is 10.9 Å². The minimum atomic E-state index is 0.0503. The van der Waals surface area contributed by atoms with E-state index in [9.17, 15) is 4.79 Å². The highest BCUT2D eigenvalue weighted by molar-refractivity contribution is 6.13. The van der Waals surface area contributed by atoms with Crippen LogP contribution >= 0.6 is 0 Å². The molecule has 0 aliphatic carbocycles. The van der Waals surface area contributed by atoms with Gasteiger partial charge in [0.25, 0.3) is 5.91 Å². The summed E-state index contributed by atoms with van der Waals surface area (Å²) < 4.78 is 0. The average molecular weight is 422 g/mol. The molecule has 4 nitrogen and oxygen atoms in total. The number of carbonyl (C=O) groups excluding carboxylic acids is 1. The highest BCUT2D eigenvalue weighted by Crippen LogP contribution is 2.34. The van der Waals surface area contributed by atoms with E-state index in [0.717, 1.165) is 39.0 Å². The number of carbonyl (C=O) groups is 1. The number of anilines is 2. The van der Waals surface area contributed by atoms with Crippen LogP contribution in [0.15, 0.2) is 79.0 Å². The zero-order valence-electron chi connectivity index (χ0n) is 18.7. The fourth-order valence-electron chi connectivity index (χ4n) is 4.29. The van der Waals surface area contributed by atoms with Crippen molar-refractivity contribution in [3.05, 3.63) is 101 Å². The first-order valence-corrected chi connectivity index (χ1v) is 11.0. The maximum Gasteiger partial charge on any atom is 0.261 e. The van der Waals surface area contributed by atoms with Crippen molar-refractivity contribution >= 4 is 28.2 Å². The SMILES string of the molecule is CC(C)(C)c1ccc(N2Cc3cccc(NCc4ccc5ncccc5c4)c3C2=O)cc1. The number of nitrogens with zero attached hydrogens (tertiary/aromatic N) is 2. The van der Waals surface area contributed by atoms with E-state index >= 15 is 0 Å².